The van der Waals surface area contributed by atoms with E-state index < -0.39 is 0 Å². The van der Waals surface area contributed by atoms with Crippen molar-refractivity contribution in [3.8, 4) is 0 Å². The van der Waals surface area contributed by atoms with Crippen molar-refractivity contribution < 1.29 is 0 Å². The highest BCUT2D eigenvalue weighted by molar-refractivity contribution is 5.37. The van der Waals surface area contributed by atoms with Gasteiger partial charge in [0.1, 0.15) is 0 Å². The maximum absolute atomic E-state index is 6.84. The zero-order valence-electron chi connectivity index (χ0n) is 9.39. The fourth-order valence-corrected chi connectivity index (χ4v) is 1.47. The molecule has 0 saturated heterocycles. The maximum Gasteiger partial charge on any atom is 0.0867 e. The third-order valence-corrected chi connectivity index (χ3v) is 2.30. The summed E-state index contributed by atoms with van der Waals surface area (Å²) in [4.78, 5) is 6.23. The first kappa shape index (κ1) is 12.3. The fraction of sp³-hybridized carbons (Fsp3) is 0.900. The topological polar surface area (TPSA) is 39.5 Å². The number of rotatable bonds is 5. The van der Waals surface area contributed by atoms with Gasteiger partial charge in [-0.25, -0.2) is 10.4 Å². The lowest BCUT2D eigenvalue weighted by Gasteiger charge is -2.29. The molecule has 0 spiro atoms. The molecule has 1 atom stereocenters. The van der Waals surface area contributed by atoms with Gasteiger partial charge in [0.25, 0.3) is 0 Å². The van der Waals surface area contributed by atoms with Crippen molar-refractivity contribution in [3.63, 3.8) is 0 Å². The Bertz CT molecular complexity index is 190. The van der Waals surface area contributed by atoms with Crippen molar-refractivity contribution in [2.45, 2.75) is 45.2 Å². The number of nitrogens with one attached hydrogen (secondary N) is 1. The van der Waals surface area contributed by atoms with Crippen LogP contribution in [0, 0.1) is 5.41 Å². The summed E-state index contributed by atoms with van der Waals surface area (Å²) in [5.74, 6) is 0. The number of aliphatic imine (C=N–C) groups is 1. The normalized spacial score (nSPS) is 14.0. The lowest BCUT2D eigenvalue weighted by Crippen LogP contribution is -2.34. The first-order valence-electron chi connectivity index (χ1n) is 4.73. The van der Waals surface area contributed by atoms with E-state index >= 15 is 0 Å². The van der Waals surface area contributed by atoms with Crippen molar-refractivity contribution in [2.75, 3.05) is 14.1 Å². The summed E-state index contributed by atoms with van der Waals surface area (Å²) in [6.07, 6.45) is 2.09. The zero-order chi connectivity index (χ0) is 10.5. The number of nitrogens with zero attached hydrogens (tertiary/aromatic N) is 2. The number of hydrogen-bond donors (Lipinski definition) is 1. The molecule has 0 aromatic carbocycles. The molecule has 0 aliphatic rings. The third-order valence-electron chi connectivity index (χ3n) is 2.30. The van der Waals surface area contributed by atoms with Gasteiger partial charge in [-0.3, -0.25) is 0 Å². The predicted molar refractivity (Wildman–Crippen MR) is 56.6 cm³/mol. The van der Waals surface area contributed by atoms with Crippen LogP contribution >= 0.6 is 0 Å². The van der Waals surface area contributed by atoms with Gasteiger partial charge in [-0.1, -0.05) is 6.92 Å². The Morgan fingerprint density at radius 3 is 2.31 bits per heavy atom. The van der Waals surface area contributed by atoms with Crippen LogP contribution in [-0.2, 0) is 0 Å². The van der Waals surface area contributed by atoms with Gasteiger partial charge >= 0.3 is 0 Å². The van der Waals surface area contributed by atoms with Crippen molar-refractivity contribution >= 4 is 6.01 Å². The Hall–Kier alpha value is -0.660. The van der Waals surface area contributed by atoms with Gasteiger partial charge in [0.2, 0.25) is 0 Å². The van der Waals surface area contributed by atoms with Gasteiger partial charge in [0, 0.05) is 6.04 Å². The molecule has 0 radical (unpaired) electrons. The van der Waals surface area contributed by atoms with Crippen LogP contribution in [0.2, 0.25) is 0 Å². The Labute approximate surface area is 81.4 Å². The zero-order valence-corrected chi connectivity index (χ0v) is 9.39. The molecule has 1 N–H and O–H groups in total. The van der Waals surface area contributed by atoms with Gasteiger partial charge in [-0.2, -0.15) is 0 Å². The Morgan fingerprint density at radius 1 is 1.46 bits per heavy atom. The van der Waals surface area contributed by atoms with E-state index in [4.69, 9.17) is 5.41 Å². The van der Waals surface area contributed by atoms with Crippen LogP contribution in [0.15, 0.2) is 4.99 Å². The van der Waals surface area contributed by atoms with Crippen molar-refractivity contribution in [2.24, 2.45) is 4.99 Å². The molecule has 0 aromatic rings. The van der Waals surface area contributed by atoms with Crippen molar-refractivity contribution in [3.05, 3.63) is 0 Å². The lowest BCUT2D eigenvalue weighted by molar-refractivity contribution is 0.234. The van der Waals surface area contributed by atoms with Crippen LogP contribution in [0.3, 0.4) is 0 Å². The van der Waals surface area contributed by atoms with Crippen molar-refractivity contribution in [1.82, 2.24) is 4.90 Å². The summed E-state index contributed by atoms with van der Waals surface area (Å²) in [6, 6.07) is 2.67. The van der Waals surface area contributed by atoms with Gasteiger partial charge in [-0.05, 0) is 40.8 Å². The van der Waals surface area contributed by atoms with Crippen LogP contribution in [0.5, 0.6) is 0 Å². The van der Waals surface area contributed by atoms with E-state index in [0.29, 0.717) is 6.04 Å². The molecule has 0 aromatic heterocycles. The van der Waals surface area contributed by atoms with E-state index in [1.165, 1.54) is 0 Å². The lowest BCUT2D eigenvalue weighted by atomic mass is 9.94. The molecule has 0 aliphatic heterocycles. The molecular weight excluding hydrogens is 162 g/mol. The smallest absolute Gasteiger partial charge is 0.0867 e. The van der Waals surface area contributed by atoms with E-state index in [1.807, 2.05) is 13.8 Å². The second-order valence-electron chi connectivity index (χ2n) is 4.27. The average Bonchev–Trinajstić information content (AvgIpc) is 1.99. The first-order valence-corrected chi connectivity index (χ1v) is 4.73. The Balaban J connectivity index is 4.29. The summed E-state index contributed by atoms with van der Waals surface area (Å²) in [5, 5.41) is 6.84. The molecule has 3 heteroatoms. The van der Waals surface area contributed by atoms with E-state index in [2.05, 4.69) is 36.9 Å². The molecule has 0 amide bonds. The summed E-state index contributed by atoms with van der Waals surface area (Å²) in [5.41, 5.74) is -0.160. The fourth-order valence-electron chi connectivity index (χ4n) is 1.47. The first-order chi connectivity index (χ1) is 5.93. The highest BCUT2D eigenvalue weighted by Gasteiger charge is 2.22. The quantitative estimate of drug-likeness (QED) is 0.652. The molecule has 0 aliphatic carbocycles. The summed E-state index contributed by atoms with van der Waals surface area (Å²) >= 11 is 0. The highest BCUT2D eigenvalue weighted by atomic mass is 15.1. The molecule has 3 nitrogen and oxygen atoms in total. The third kappa shape index (κ3) is 4.81. The molecule has 1 unspecified atom stereocenters. The van der Waals surface area contributed by atoms with E-state index in [-0.39, 0.29) is 5.54 Å². The van der Waals surface area contributed by atoms with Crippen molar-refractivity contribution in [1.29, 1.82) is 5.41 Å². The van der Waals surface area contributed by atoms with Gasteiger partial charge in [0.05, 0.1) is 11.5 Å². The van der Waals surface area contributed by atoms with Crippen LogP contribution in [-0.4, -0.2) is 36.6 Å². The largest absolute Gasteiger partial charge is 0.306 e. The summed E-state index contributed by atoms with van der Waals surface area (Å²) in [6.45, 7) is 6.26. The minimum atomic E-state index is -0.160. The molecular formula is C10H21N3. The molecule has 0 bridgehead atoms. The van der Waals surface area contributed by atoms with Crippen LogP contribution in [0.25, 0.3) is 0 Å². The van der Waals surface area contributed by atoms with E-state index in [9.17, 15) is 0 Å². The van der Waals surface area contributed by atoms with E-state index in [0.717, 1.165) is 12.8 Å². The standard InChI is InChI=1S/C10H21N3/c1-6-9(13(4)5)7-10(2,3)12-8-11/h9,11H,6-7H2,1-5H3. The maximum atomic E-state index is 6.84. The van der Waals surface area contributed by atoms with Gasteiger partial charge < -0.3 is 4.90 Å². The predicted octanol–water partition coefficient (Wildman–Crippen LogP) is 2.25. The monoisotopic (exact) mass is 183 g/mol. The van der Waals surface area contributed by atoms with Crippen LogP contribution < -0.4 is 0 Å². The average molecular weight is 183 g/mol. The molecule has 0 saturated carbocycles. The molecule has 13 heavy (non-hydrogen) atoms. The summed E-state index contributed by atoms with van der Waals surface area (Å²) in [7, 11) is 4.16. The van der Waals surface area contributed by atoms with Crippen LogP contribution in [0.4, 0.5) is 0 Å². The molecule has 0 fully saturated rings. The number of hydrogen-bond acceptors (Lipinski definition) is 3. The second kappa shape index (κ2) is 5.15. The SMILES string of the molecule is CCC(CC(C)(C)N=C=N)N(C)C. The minimum absolute atomic E-state index is 0.160. The van der Waals surface area contributed by atoms with Gasteiger partial charge in [-0.15, -0.1) is 0 Å². The Morgan fingerprint density at radius 2 is 2.00 bits per heavy atom. The van der Waals surface area contributed by atoms with Gasteiger partial charge in [0.15, 0.2) is 0 Å². The second-order valence-corrected chi connectivity index (χ2v) is 4.27. The molecule has 76 valence electrons. The highest BCUT2D eigenvalue weighted by Crippen LogP contribution is 2.19. The minimum Gasteiger partial charge on any atom is -0.306 e. The Kier molecular flexibility index (Phi) is 4.89. The van der Waals surface area contributed by atoms with Crippen LogP contribution in [0.1, 0.15) is 33.6 Å². The molecule has 0 heterocycles. The summed E-state index contributed by atoms with van der Waals surface area (Å²) < 4.78 is 0. The van der Waals surface area contributed by atoms with E-state index in [1.54, 1.807) is 0 Å². The molecule has 0 rings (SSSR count).